The smallest absolute Gasteiger partial charge is 0.0479 e. The average molecular weight is 198 g/mol. The summed E-state index contributed by atoms with van der Waals surface area (Å²) >= 11 is 0. The Hall–Kier alpha value is -0.120. The van der Waals surface area contributed by atoms with Crippen LogP contribution in [0.15, 0.2) is 0 Å². The van der Waals surface area contributed by atoms with Crippen LogP contribution < -0.4 is 5.73 Å². The van der Waals surface area contributed by atoms with E-state index >= 15 is 0 Å². The van der Waals surface area contributed by atoms with Gasteiger partial charge in [-0.1, -0.05) is 0 Å². The summed E-state index contributed by atoms with van der Waals surface area (Å²) < 4.78 is 5.15. The summed E-state index contributed by atoms with van der Waals surface area (Å²) in [5, 5.41) is 0. The van der Waals surface area contributed by atoms with Gasteiger partial charge < -0.3 is 15.4 Å². The maximum atomic E-state index is 6.49. The first-order valence-electron chi connectivity index (χ1n) is 5.75. The first-order chi connectivity index (χ1) is 6.74. The number of nitrogens with two attached hydrogens (primary N) is 1. The fraction of sp³-hybridized carbons (Fsp3) is 1.00. The predicted octanol–water partition coefficient (Wildman–Crippen LogP) is 0.836. The largest absolute Gasteiger partial charge is 0.385 e. The standard InChI is InChI=1S/C11H22N2O/c1-14-8-5-11(12)4-7-13-6-2-3-10(11)9-13/h10H,2-9,12H2,1H3. The molecule has 2 saturated heterocycles. The summed E-state index contributed by atoms with van der Waals surface area (Å²) in [7, 11) is 1.76. The van der Waals surface area contributed by atoms with Gasteiger partial charge in [0.1, 0.15) is 0 Å². The quantitative estimate of drug-likeness (QED) is 0.730. The van der Waals surface area contributed by atoms with Gasteiger partial charge in [0.2, 0.25) is 0 Å². The second kappa shape index (κ2) is 4.17. The van der Waals surface area contributed by atoms with E-state index in [4.69, 9.17) is 10.5 Å². The Balaban J connectivity index is 1.96. The molecule has 82 valence electrons. The number of ether oxygens (including phenoxy) is 1. The Morgan fingerprint density at radius 1 is 1.50 bits per heavy atom. The lowest BCUT2D eigenvalue weighted by Gasteiger charge is -2.49. The van der Waals surface area contributed by atoms with Crippen LogP contribution >= 0.6 is 0 Å². The second-order valence-corrected chi connectivity index (χ2v) is 4.87. The Morgan fingerprint density at radius 3 is 3.14 bits per heavy atom. The number of hydrogen-bond acceptors (Lipinski definition) is 3. The third-order valence-corrected chi connectivity index (χ3v) is 3.98. The molecule has 0 amide bonds. The molecule has 2 bridgehead atoms. The van der Waals surface area contributed by atoms with Crippen molar-refractivity contribution in [3.05, 3.63) is 0 Å². The molecule has 0 aromatic heterocycles. The van der Waals surface area contributed by atoms with Crippen molar-refractivity contribution in [3.8, 4) is 0 Å². The molecule has 0 radical (unpaired) electrons. The molecule has 0 aliphatic carbocycles. The number of methoxy groups -OCH3 is 1. The zero-order valence-corrected chi connectivity index (χ0v) is 9.17. The van der Waals surface area contributed by atoms with Gasteiger partial charge in [0.05, 0.1) is 0 Å². The van der Waals surface area contributed by atoms with Crippen molar-refractivity contribution in [2.24, 2.45) is 11.7 Å². The summed E-state index contributed by atoms with van der Waals surface area (Å²) in [6.45, 7) is 4.51. The van der Waals surface area contributed by atoms with Crippen LogP contribution in [0.4, 0.5) is 0 Å². The molecule has 3 nitrogen and oxygen atoms in total. The van der Waals surface area contributed by atoms with Crippen molar-refractivity contribution in [1.29, 1.82) is 0 Å². The Morgan fingerprint density at radius 2 is 2.36 bits per heavy atom. The lowest BCUT2D eigenvalue weighted by molar-refractivity contribution is 0.0340. The highest BCUT2D eigenvalue weighted by Crippen LogP contribution is 2.35. The Kier molecular flexibility index (Phi) is 3.10. The van der Waals surface area contributed by atoms with Crippen molar-refractivity contribution >= 4 is 0 Å². The van der Waals surface area contributed by atoms with Crippen LogP contribution in [0, 0.1) is 5.92 Å². The Labute approximate surface area is 86.6 Å². The molecule has 2 fully saturated rings. The van der Waals surface area contributed by atoms with Gasteiger partial charge in [-0.25, -0.2) is 0 Å². The molecule has 0 spiro atoms. The SMILES string of the molecule is COCCC1(N)CCN2CCCC1C2. The van der Waals surface area contributed by atoms with Gasteiger partial charge >= 0.3 is 0 Å². The molecule has 0 aromatic rings. The average Bonchev–Trinajstić information content (AvgIpc) is 2.23. The number of piperidine rings is 2. The van der Waals surface area contributed by atoms with Crippen LogP contribution in [-0.2, 0) is 4.74 Å². The maximum absolute atomic E-state index is 6.49. The van der Waals surface area contributed by atoms with Gasteiger partial charge in [-0.15, -0.1) is 0 Å². The van der Waals surface area contributed by atoms with E-state index in [0.717, 1.165) is 19.4 Å². The minimum absolute atomic E-state index is 0.0624. The highest BCUT2D eigenvalue weighted by atomic mass is 16.5. The van der Waals surface area contributed by atoms with Gasteiger partial charge in [0, 0.05) is 25.8 Å². The summed E-state index contributed by atoms with van der Waals surface area (Å²) in [4.78, 5) is 2.56. The summed E-state index contributed by atoms with van der Waals surface area (Å²) in [5.41, 5.74) is 6.55. The summed E-state index contributed by atoms with van der Waals surface area (Å²) in [6, 6.07) is 0. The van der Waals surface area contributed by atoms with Crippen LogP contribution in [0.1, 0.15) is 25.7 Å². The minimum atomic E-state index is 0.0624. The summed E-state index contributed by atoms with van der Waals surface area (Å²) in [6.07, 6.45) is 4.83. The van der Waals surface area contributed by atoms with Crippen LogP contribution in [0.25, 0.3) is 0 Å². The lowest BCUT2D eigenvalue weighted by Crippen LogP contribution is -2.59. The fourth-order valence-electron chi connectivity index (χ4n) is 2.92. The number of nitrogens with zero attached hydrogens (tertiary/aromatic N) is 1. The zero-order valence-electron chi connectivity index (χ0n) is 9.17. The normalized spacial score (nSPS) is 42.4. The van der Waals surface area contributed by atoms with Crippen LogP contribution in [0.5, 0.6) is 0 Å². The monoisotopic (exact) mass is 198 g/mol. The van der Waals surface area contributed by atoms with E-state index in [1.165, 1.54) is 32.5 Å². The van der Waals surface area contributed by atoms with Gasteiger partial charge in [0.15, 0.2) is 0 Å². The molecule has 3 heteroatoms. The first-order valence-corrected chi connectivity index (χ1v) is 5.75. The zero-order chi connectivity index (χ0) is 10.0. The number of hydrogen-bond donors (Lipinski definition) is 1. The van der Waals surface area contributed by atoms with Crippen LogP contribution in [-0.4, -0.2) is 43.8 Å². The van der Waals surface area contributed by atoms with Crippen LogP contribution in [0.3, 0.4) is 0 Å². The topological polar surface area (TPSA) is 38.5 Å². The number of fused-ring (bicyclic) bond motifs is 2. The molecule has 3 unspecified atom stereocenters. The van der Waals surface area contributed by atoms with E-state index in [1.54, 1.807) is 7.11 Å². The molecule has 2 rings (SSSR count). The van der Waals surface area contributed by atoms with E-state index < -0.39 is 0 Å². The molecule has 2 heterocycles. The van der Waals surface area contributed by atoms with E-state index in [2.05, 4.69) is 4.90 Å². The highest BCUT2D eigenvalue weighted by Gasteiger charge is 2.40. The lowest BCUT2D eigenvalue weighted by atomic mass is 9.72. The van der Waals surface area contributed by atoms with Crippen molar-refractivity contribution in [1.82, 2.24) is 4.90 Å². The third kappa shape index (κ3) is 1.95. The molecule has 2 N–H and O–H groups in total. The second-order valence-electron chi connectivity index (χ2n) is 4.87. The van der Waals surface area contributed by atoms with Crippen molar-refractivity contribution < 1.29 is 4.74 Å². The van der Waals surface area contributed by atoms with Gasteiger partial charge in [-0.3, -0.25) is 0 Å². The molecular formula is C11H22N2O. The first kappa shape index (κ1) is 10.4. The van der Waals surface area contributed by atoms with Gasteiger partial charge in [-0.2, -0.15) is 0 Å². The molecular weight excluding hydrogens is 176 g/mol. The van der Waals surface area contributed by atoms with Gasteiger partial charge in [0.25, 0.3) is 0 Å². The maximum Gasteiger partial charge on any atom is 0.0479 e. The van der Waals surface area contributed by atoms with Crippen molar-refractivity contribution in [2.75, 3.05) is 33.4 Å². The predicted molar refractivity (Wildman–Crippen MR) is 57.2 cm³/mol. The van der Waals surface area contributed by atoms with Crippen molar-refractivity contribution in [3.63, 3.8) is 0 Å². The number of rotatable bonds is 3. The molecule has 2 aliphatic heterocycles. The molecule has 3 atom stereocenters. The van der Waals surface area contributed by atoms with E-state index in [0.29, 0.717) is 5.92 Å². The molecule has 14 heavy (non-hydrogen) atoms. The molecule has 0 saturated carbocycles. The van der Waals surface area contributed by atoms with Crippen LogP contribution in [0.2, 0.25) is 0 Å². The van der Waals surface area contributed by atoms with Gasteiger partial charge in [-0.05, 0) is 44.7 Å². The van der Waals surface area contributed by atoms with E-state index in [9.17, 15) is 0 Å². The molecule has 2 aliphatic rings. The highest BCUT2D eigenvalue weighted by molar-refractivity contribution is 4.98. The minimum Gasteiger partial charge on any atom is -0.385 e. The Bertz CT molecular complexity index is 194. The third-order valence-electron chi connectivity index (χ3n) is 3.98. The van der Waals surface area contributed by atoms with E-state index in [1.807, 2.05) is 0 Å². The summed E-state index contributed by atoms with van der Waals surface area (Å²) in [5.74, 6) is 0.708. The van der Waals surface area contributed by atoms with E-state index in [-0.39, 0.29) is 5.54 Å². The molecule has 0 aromatic carbocycles. The van der Waals surface area contributed by atoms with Crippen molar-refractivity contribution in [2.45, 2.75) is 31.2 Å². The fourth-order valence-corrected chi connectivity index (χ4v) is 2.92.